The Labute approximate surface area is 151 Å². The van der Waals surface area contributed by atoms with Crippen LogP contribution in [0.2, 0.25) is 0 Å². The minimum absolute atomic E-state index is 0.0235. The van der Waals surface area contributed by atoms with Crippen molar-refractivity contribution in [1.29, 1.82) is 0 Å². The maximum atomic E-state index is 13.0. The van der Waals surface area contributed by atoms with Crippen molar-refractivity contribution in [2.75, 3.05) is 0 Å². The SMILES string of the molecule is CCCc1n(C)c(=O)c2c3ccccc3sc2[n+]1CC(=O)C(C)(C)C. The number of benzene rings is 1. The first-order chi connectivity index (χ1) is 11.8. The first kappa shape index (κ1) is 17.8. The van der Waals surface area contributed by atoms with Crippen molar-refractivity contribution in [1.82, 2.24) is 4.57 Å². The van der Waals surface area contributed by atoms with Gasteiger partial charge in [-0.1, -0.05) is 57.2 Å². The third kappa shape index (κ3) is 3.01. The fourth-order valence-electron chi connectivity index (χ4n) is 3.08. The number of carbonyl (C=O) groups is 1. The van der Waals surface area contributed by atoms with E-state index in [0.717, 1.165) is 39.0 Å². The normalized spacial score (nSPS) is 12.2. The van der Waals surface area contributed by atoms with Gasteiger partial charge < -0.3 is 0 Å². The minimum atomic E-state index is -0.409. The number of thiophene rings is 1. The highest BCUT2D eigenvalue weighted by atomic mass is 32.1. The maximum absolute atomic E-state index is 13.0. The Morgan fingerprint density at radius 2 is 1.92 bits per heavy atom. The molecule has 25 heavy (non-hydrogen) atoms. The largest absolute Gasteiger partial charge is 0.346 e. The molecule has 0 saturated carbocycles. The standard InChI is InChI=1S/C20H25N2O2S/c1-6-9-16-21(5)18(24)17-13-10-7-8-11-14(13)25-19(17)22(16)12-15(23)20(2,3)4/h7-8,10-11H,6,9,12H2,1-5H3/q+1. The maximum Gasteiger partial charge on any atom is 0.346 e. The van der Waals surface area contributed by atoms with Crippen LogP contribution >= 0.6 is 11.3 Å². The van der Waals surface area contributed by atoms with Crippen LogP contribution in [-0.4, -0.2) is 10.4 Å². The molecule has 3 aromatic rings. The summed E-state index contributed by atoms with van der Waals surface area (Å²) in [7, 11) is 1.82. The summed E-state index contributed by atoms with van der Waals surface area (Å²) in [6.45, 7) is 8.23. The van der Waals surface area contributed by atoms with Crippen LogP contribution in [0.4, 0.5) is 0 Å². The number of fused-ring (bicyclic) bond motifs is 3. The number of ketones is 1. The number of nitrogens with zero attached hydrogens (tertiary/aromatic N) is 2. The van der Waals surface area contributed by atoms with Gasteiger partial charge >= 0.3 is 5.56 Å². The van der Waals surface area contributed by atoms with Gasteiger partial charge in [0.15, 0.2) is 17.2 Å². The molecule has 4 nitrogen and oxygen atoms in total. The number of hydrogen-bond acceptors (Lipinski definition) is 3. The van der Waals surface area contributed by atoms with Crippen molar-refractivity contribution in [3.63, 3.8) is 0 Å². The van der Waals surface area contributed by atoms with Gasteiger partial charge in [-0.3, -0.25) is 4.79 Å². The van der Waals surface area contributed by atoms with E-state index in [1.165, 1.54) is 0 Å². The zero-order valence-corrected chi connectivity index (χ0v) is 16.4. The van der Waals surface area contributed by atoms with E-state index in [1.54, 1.807) is 15.9 Å². The van der Waals surface area contributed by atoms with Gasteiger partial charge in [0.2, 0.25) is 0 Å². The molecule has 0 amide bonds. The molecule has 3 rings (SSSR count). The van der Waals surface area contributed by atoms with E-state index >= 15 is 0 Å². The average Bonchev–Trinajstić information content (AvgIpc) is 2.94. The number of aromatic nitrogens is 2. The molecule has 0 atom stereocenters. The molecule has 0 bridgehead atoms. The molecule has 2 aromatic heterocycles. The van der Waals surface area contributed by atoms with Gasteiger partial charge in [-0.05, 0) is 12.5 Å². The Hall–Kier alpha value is -2.01. The van der Waals surface area contributed by atoms with E-state index in [1.807, 2.05) is 52.1 Å². The topological polar surface area (TPSA) is 43.0 Å². The van der Waals surface area contributed by atoms with Crippen molar-refractivity contribution < 1.29 is 9.36 Å². The molecular weight excluding hydrogens is 332 g/mol. The molecule has 0 unspecified atom stereocenters. The molecule has 132 valence electrons. The van der Waals surface area contributed by atoms with E-state index < -0.39 is 5.41 Å². The third-order valence-corrected chi connectivity index (χ3v) is 5.84. The Kier molecular flexibility index (Phi) is 4.54. The predicted molar refractivity (Wildman–Crippen MR) is 103 cm³/mol. The van der Waals surface area contributed by atoms with Gasteiger partial charge in [-0.2, -0.15) is 4.57 Å². The first-order valence-corrected chi connectivity index (χ1v) is 9.53. The van der Waals surface area contributed by atoms with Crippen LogP contribution in [0.1, 0.15) is 39.9 Å². The molecule has 0 aliphatic rings. The third-order valence-electron chi connectivity index (χ3n) is 4.65. The predicted octanol–water partition coefficient (Wildman–Crippen LogP) is 3.61. The summed E-state index contributed by atoms with van der Waals surface area (Å²) in [6, 6.07) is 7.97. The molecule has 2 heterocycles. The summed E-state index contributed by atoms with van der Waals surface area (Å²) in [6.07, 6.45) is 1.70. The summed E-state index contributed by atoms with van der Waals surface area (Å²) < 4.78 is 4.87. The van der Waals surface area contributed by atoms with E-state index in [2.05, 4.69) is 11.5 Å². The summed E-state index contributed by atoms with van der Waals surface area (Å²) in [4.78, 5) is 26.7. The molecule has 0 N–H and O–H groups in total. The first-order valence-electron chi connectivity index (χ1n) is 8.72. The second-order valence-corrected chi connectivity index (χ2v) is 8.60. The smallest absolute Gasteiger partial charge is 0.295 e. The van der Waals surface area contributed by atoms with Gasteiger partial charge in [0.05, 0.1) is 7.05 Å². The van der Waals surface area contributed by atoms with Crippen LogP contribution < -0.4 is 10.1 Å². The van der Waals surface area contributed by atoms with Crippen LogP contribution in [0, 0.1) is 5.41 Å². The second-order valence-electron chi connectivity index (χ2n) is 7.57. The average molecular weight is 357 g/mol. The van der Waals surface area contributed by atoms with Crippen LogP contribution in [0.15, 0.2) is 29.1 Å². The lowest BCUT2D eigenvalue weighted by molar-refractivity contribution is -0.669. The Bertz CT molecular complexity index is 1020. The Balaban J connectivity index is 2.38. The van der Waals surface area contributed by atoms with Gasteiger partial charge in [-0.25, -0.2) is 9.36 Å². The van der Waals surface area contributed by atoms with Crippen LogP contribution in [0.3, 0.4) is 0 Å². The van der Waals surface area contributed by atoms with E-state index in [-0.39, 0.29) is 11.3 Å². The van der Waals surface area contributed by atoms with Crippen LogP contribution in [0.5, 0.6) is 0 Å². The van der Waals surface area contributed by atoms with Gasteiger partial charge in [0.25, 0.3) is 5.82 Å². The van der Waals surface area contributed by atoms with Crippen molar-refractivity contribution >= 4 is 37.4 Å². The van der Waals surface area contributed by atoms with Crippen molar-refractivity contribution in [3.8, 4) is 0 Å². The molecule has 1 aromatic carbocycles. The molecule has 0 fully saturated rings. The number of rotatable bonds is 4. The molecule has 0 radical (unpaired) electrons. The highest BCUT2D eigenvalue weighted by Crippen LogP contribution is 2.30. The Morgan fingerprint density at radius 3 is 2.56 bits per heavy atom. The van der Waals surface area contributed by atoms with E-state index in [9.17, 15) is 9.59 Å². The van der Waals surface area contributed by atoms with Crippen molar-refractivity contribution in [3.05, 3.63) is 40.4 Å². The molecule has 5 heteroatoms. The van der Waals surface area contributed by atoms with Crippen LogP contribution in [0.25, 0.3) is 20.3 Å². The molecule has 0 spiro atoms. The lowest BCUT2D eigenvalue weighted by Gasteiger charge is -2.17. The van der Waals surface area contributed by atoms with E-state index in [0.29, 0.717) is 6.54 Å². The molecule has 0 saturated heterocycles. The number of Topliss-reactive ketones (excluding diaryl/α,β-unsaturated/α-hetero) is 1. The van der Waals surface area contributed by atoms with Crippen molar-refractivity contribution in [2.45, 2.75) is 47.1 Å². The summed E-state index contributed by atoms with van der Waals surface area (Å²) in [5.41, 5.74) is -0.385. The monoisotopic (exact) mass is 357 g/mol. The summed E-state index contributed by atoms with van der Waals surface area (Å²) in [5.74, 6) is 1.09. The molecule has 0 aliphatic carbocycles. The van der Waals surface area contributed by atoms with Crippen molar-refractivity contribution in [2.24, 2.45) is 12.5 Å². The highest BCUT2D eigenvalue weighted by Gasteiger charge is 2.29. The summed E-state index contributed by atoms with van der Waals surface area (Å²) >= 11 is 1.60. The zero-order valence-electron chi connectivity index (χ0n) is 15.5. The molecule has 0 aliphatic heterocycles. The highest BCUT2D eigenvalue weighted by molar-refractivity contribution is 7.25. The number of hydrogen-bond donors (Lipinski definition) is 0. The second kappa shape index (κ2) is 6.37. The van der Waals surface area contributed by atoms with Gasteiger partial charge in [-0.15, -0.1) is 0 Å². The van der Waals surface area contributed by atoms with Gasteiger partial charge in [0, 0.05) is 21.9 Å². The fraction of sp³-hybridized carbons (Fsp3) is 0.450. The fourth-order valence-corrected chi connectivity index (χ4v) is 4.30. The molecular formula is C20H25N2O2S+. The van der Waals surface area contributed by atoms with E-state index in [4.69, 9.17) is 0 Å². The lowest BCUT2D eigenvalue weighted by Crippen LogP contribution is -2.49. The summed E-state index contributed by atoms with van der Waals surface area (Å²) in [5, 5.41) is 1.70. The lowest BCUT2D eigenvalue weighted by atomic mass is 9.91. The van der Waals surface area contributed by atoms with Crippen LogP contribution in [-0.2, 0) is 24.8 Å². The zero-order chi connectivity index (χ0) is 18.4. The van der Waals surface area contributed by atoms with Gasteiger partial charge in [0.1, 0.15) is 5.39 Å². The quantitative estimate of drug-likeness (QED) is 0.670. The Morgan fingerprint density at radius 1 is 1.24 bits per heavy atom. The minimum Gasteiger partial charge on any atom is -0.295 e. The number of carbonyl (C=O) groups excluding carboxylic acids is 1.